The van der Waals surface area contributed by atoms with Gasteiger partial charge < -0.3 is 4.90 Å². The third kappa shape index (κ3) is 3.31. The molecule has 20 heavy (non-hydrogen) atoms. The first kappa shape index (κ1) is 14.9. The molecule has 1 fully saturated rings. The molecule has 0 amide bonds. The SMILES string of the molecule is CN(c1cccc(C#N)c1)C1CCCC(S(C)(=O)=O)C1. The van der Waals surface area contributed by atoms with Gasteiger partial charge in [0, 0.05) is 25.0 Å². The van der Waals surface area contributed by atoms with Crippen LogP contribution in [0.4, 0.5) is 5.69 Å². The van der Waals surface area contributed by atoms with Crippen LogP contribution in [0.25, 0.3) is 0 Å². The minimum atomic E-state index is -2.97. The summed E-state index contributed by atoms with van der Waals surface area (Å²) < 4.78 is 23.5. The Morgan fingerprint density at radius 1 is 1.35 bits per heavy atom. The maximum atomic E-state index is 11.7. The van der Waals surface area contributed by atoms with E-state index in [-0.39, 0.29) is 11.3 Å². The van der Waals surface area contributed by atoms with Gasteiger partial charge in [0.05, 0.1) is 16.9 Å². The molecule has 1 aromatic rings. The summed E-state index contributed by atoms with van der Waals surface area (Å²) >= 11 is 0. The van der Waals surface area contributed by atoms with Crippen LogP contribution in [0.2, 0.25) is 0 Å². The number of anilines is 1. The van der Waals surface area contributed by atoms with E-state index in [9.17, 15) is 8.42 Å². The second-order valence-electron chi connectivity index (χ2n) is 5.55. The largest absolute Gasteiger partial charge is 0.372 e. The summed E-state index contributed by atoms with van der Waals surface area (Å²) in [6, 6.07) is 9.81. The van der Waals surface area contributed by atoms with Crippen molar-refractivity contribution in [2.75, 3.05) is 18.2 Å². The molecular formula is C15H20N2O2S. The molecule has 2 rings (SSSR count). The Labute approximate surface area is 120 Å². The molecule has 0 spiro atoms. The Morgan fingerprint density at radius 3 is 2.75 bits per heavy atom. The number of sulfone groups is 1. The first-order valence-electron chi connectivity index (χ1n) is 6.83. The van der Waals surface area contributed by atoms with Crippen molar-refractivity contribution in [2.24, 2.45) is 0 Å². The molecule has 1 aliphatic rings. The molecule has 108 valence electrons. The lowest BCUT2D eigenvalue weighted by Crippen LogP contribution is -2.40. The van der Waals surface area contributed by atoms with Crippen molar-refractivity contribution < 1.29 is 8.42 Å². The highest BCUT2D eigenvalue weighted by Crippen LogP contribution is 2.29. The lowest BCUT2D eigenvalue weighted by molar-refractivity contribution is 0.422. The summed E-state index contributed by atoms with van der Waals surface area (Å²) in [6.45, 7) is 0. The van der Waals surface area contributed by atoms with Gasteiger partial charge in [0.2, 0.25) is 0 Å². The lowest BCUT2D eigenvalue weighted by Gasteiger charge is -2.36. The van der Waals surface area contributed by atoms with E-state index in [0.29, 0.717) is 12.0 Å². The third-order valence-electron chi connectivity index (χ3n) is 4.13. The molecule has 0 saturated heterocycles. The zero-order valence-corrected chi connectivity index (χ0v) is 12.7. The molecule has 2 atom stereocenters. The van der Waals surface area contributed by atoms with Gasteiger partial charge in [-0.05, 0) is 37.5 Å². The Bertz CT molecular complexity index is 619. The van der Waals surface area contributed by atoms with Crippen molar-refractivity contribution in [1.29, 1.82) is 5.26 Å². The number of rotatable bonds is 3. The average Bonchev–Trinajstić information content (AvgIpc) is 2.46. The lowest BCUT2D eigenvalue weighted by atomic mass is 9.93. The smallest absolute Gasteiger partial charge is 0.150 e. The molecule has 0 heterocycles. The summed E-state index contributed by atoms with van der Waals surface area (Å²) in [5, 5.41) is 8.72. The second-order valence-corrected chi connectivity index (χ2v) is 7.87. The van der Waals surface area contributed by atoms with Crippen molar-refractivity contribution in [3.8, 4) is 6.07 Å². The van der Waals surface area contributed by atoms with Crippen LogP contribution in [0, 0.1) is 11.3 Å². The number of benzene rings is 1. The first-order chi connectivity index (χ1) is 9.41. The van der Waals surface area contributed by atoms with Crippen LogP contribution in [0.3, 0.4) is 0 Å². The van der Waals surface area contributed by atoms with E-state index in [4.69, 9.17) is 5.26 Å². The molecule has 0 radical (unpaired) electrons. The van der Waals surface area contributed by atoms with Gasteiger partial charge in [-0.15, -0.1) is 0 Å². The zero-order valence-electron chi connectivity index (χ0n) is 11.9. The fourth-order valence-electron chi connectivity index (χ4n) is 2.87. The zero-order chi connectivity index (χ0) is 14.8. The van der Waals surface area contributed by atoms with Gasteiger partial charge in [0.15, 0.2) is 0 Å². The quantitative estimate of drug-likeness (QED) is 0.858. The summed E-state index contributed by atoms with van der Waals surface area (Å²) in [4.78, 5) is 2.11. The molecule has 0 bridgehead atoms. The molecule has 1 saturated carbocycles. The molecule has 1 aliphatic carbocycles. The fraction of sp³-hybridized carbons (Fsp3) is 0.533. The highest BCUT2D eigenvalue weighted by Gasteiger charge is 2.30. The molecule has 0 N–H and O–H groups in total. The Kier molecular flexibility index (Phi) is 4.34. The van der Waals surface area contributed by atoms with Crippen molar-refractivity contribution in [1.82, 2.24) is 0 Å². The molecule has 1 aromatic carbocycles. The predicted molar refractivity (Wildman–Crippen MR) is 80.4 cm³/mol. The van der Waals surface area contributed by atoms with Gasteiger partial charge in [0.1, 0.15) is 9.84 Å². The van der Waals surface area contributed by atoms with Gasteiger partial charge in [0.25, 0.3) is 0 Å². The van der Waals surface area contributed by atoms with Crippen LogP contribution in [0.5, 0.6) is 0 Å². The van der Waals surface area contributed by atoms with E-state index in [0.717, 1.165) is 24.9 Å². The van der Waals surface area contributed by atoms with Crippen molar-refractivity contribution in [3.05, 3.63) is 29.8 Å². The minimum Gasteiger partial charge on any atom is -0.372 e. The second kappa shape index (κ2) is 5.84. The Hall–Kier alpha value is -1.54. The van der Waals surface area contributed by atoms with E-state index in [2.05, 4.69) is 11.0 Å². The van der Waals surface area contributed by atoms with E-state index in [1.165, 1.54) is 6.26 Å². The molecule has 0 aromatic heterocycles. The third-order valence-corrected chi connectivity index (χ3v) is 5.77. The molecule has 2 unspecified atom stereocenters. The number of nitrogens with zero attached hydrogens (tertiary/aromatic N) is 2. The fourth-order valence-corrected chi connectivity index (χ4v) is 4.03. The van der Waals surface area contributed by atoms with E-state index in [1.54, 1.807) is 6.07 Å². The summed E-state index contributed by atoms with van der Waals surface area (Å²) in [6.07, 6.45) is 4.70. The van der Waals surface area contributed by atoms with Gasteiger partial charge in [-0.1, -0.05) is 12.5 Å². The van der Waals surface area contributed by atoms with Crippen LogP contribution >= 0.6 is 0 Å². The standard InChI is InChI=1S/C15H20N2O2S/c1-17(13-6-3-5-12(9-13)11-16)14-7-4-8-15(10-14)20(2,18)19/h3,5-6,9,14-15H,4,7-8,10H2,1-2H3. The molecule has 0 aliphatic heterocycles. The number of nitriles is 1. The predicted octanol–water partition coefficient (Wildman–Crippen LogP) is 2.35. The first-order valence-corrected chi connectivity index (χ1v) is 8.79. The Balaban J connectivity index is 2.16. The van der Waals surface area contributed by atoms with Gasteiger partial charge >= 0.3 is 0 Å². The number of hydrogen-bond acceptors (Lipinski definition) is 4. The molecular weight excluding hydrogens is 272 g/mol. The summed E-state index contributed by atoms with van der Waals surface area (Å²) in [5.41, 5.74) is 1.60. The van der Waals surface area contributed by atoms with Gasteiger partial charge in [-0.25, -0.2) is 8.42 Å². The topological polar surface area (TPSA) is 61.2 Å². The van der Waals surface area contributed by atoms with Crippen LogP contribution in [0.15, 0.2) is 24.3 Å². The van der Waals surface area contributed by atoms with E-state index in [1.807, 2.05) is 25.2 Å². The average molecular weight is 292 g/mol. The molecule has 5 heteroatoms. The van der Waals surface area contributed by atoms with Gasteiger partial charge in [-0.3, -0.25) is 0 Å². The maximum absolute atomic E-state index is 11.7. The van der Waals surface area contributed by atoms with Crippen LogP contribution in [0.1, 0.15) is 31.2 Å². The van der Waals surface area contributed by atoms with Crippen molar-refractivity contribution >= 4 is 15.5 Å². The van der Waals surface area contributed by atoms with Crippen LogP contribution in [-0.4, -0.2) is 33.0 Å². The van der Waals surface area contributed by atoms with E-state index < -0.39 is 9.84 Å². The number of hydrogen-bond donors (Lipinski definition) is 0. The van der Waals surface area contributed by atoms with Crippen molar-refractivity contribution in [3.63, 3.8) is 0 Å². The highest BCUT2D eigenvalue weighted by molar-refractivity contribution is 7.91. The molecule has 4 nitrogen and oxygen atoms in total. The summed E-state index contributed by atoms with van der Waals surface area (Å²) in [7, 11) is -0.988. The van der Waals surface area contributed by atoms with Crippen LogP contribution < -0.4 is 4.90 Å². The maximum Gasteiger partial charge on any atom is 0.150 e. The minimum absolute atomic E-state index is 0.220. The monoisotopic (exact) mass is 292 g/mol. The highest BCUT2D eigenvalue weighted by atomic mass is 32.2. The van der Waals surface area contributed by atoms with Crippen LogP contribution in [-0.2, 0) is 9.84 Å². The van der Waals surface area contributed by atoms with Crippen molar-refractivity contribution in [2.45, 2.75) is 37.0 Å². The van der Waals surface area contributed by atoms with E-state index >= 15 is 0 Å². The van der Waals surface area contributed by atoms with Gasteiger partial charge in [-0.2, -0.15) is 5.26 Å². The normalized spacial score (nSPS) is 23.1. The Morgan fingerprint density at radius 2 is 2.10 bits per heavy atom. The summed E-state index contributed by atoms with van der Waals surface area (Å²) in [5.74, 6) is 0.